The van der Waals surface area contributed by atoms with E-state index in [4.69, 9.17) is 0 Å². The molecule has 6 heteroatoms. The lowest BCUT2D eigenvalue weighted by Gasteiger charge is -2.21. The SMILES string of the molecule is N#Cc1ccc(-c2ccc3c(c2)c2ccccc2n3-c2cccc3c2C(=O)N(c2ccc(-c4ccccc4)cc2)C3O)c(C#N)c1. The van der Waals surface area contributed by atoms with Gasteiger partial charge in [0, 0.05) is 22.0 Å². The summed E-state index contributed by atoms with van der Waals surface area (Å²) in [6, 6.07) is 46.8. The number of aliphatic hydroxyl groups is 1. The quantitative estimate of drug-likeness (QED) is 0.222. The molecule has 8 rings (SSSR count). The van der Waals surface area contributed by atoms with E-state index in [9.17, 15) is 20.4 Å². The molecule has 6 aromatic carbocycles. The van der Waals surface area contributed by atoms with Gasteiger partial charge in [0.05, 0.1) is 45.5 Å². The third kappa shape index (κ3) is 4.10. The molecule has 1 amide bonds. The standard InChI is InChI=1S/C40H24N4O2/c41-23-25-13-19-31(29(21-25)24-42)28-16-20-36-34(22-28)32-9-4-5-11-35(32)44(36)37-12-6-10-33-38(37)40(46)43(39(33)45)30-17-14-27(15-18-30)26-7-2-1-3-8-26/h1-22,39,45H. The van der Waals surface area contributed by atoms with Gasteiger partial charge >= 0.3 is 0 Å². The Balaban J connectivity index is 1.26. The minimum absolute atomic E-state index is 0.274. The fourth-order valence-corrected chi connectivity index (χ4v) is 6.62. The Bertz CT molecular complexity index is 2430. The number of hydrogen-bond donors (Lipinski definition) is 1. The van der Waals surface area contributed by atoms with Crippen molar-refractivity contribution in [1.29, 1.82) is 10.5 Å². The van der Waals surface area contributed by atoms with E-state index in [1.165, 1.54) is 4.90 Å². The highest BCUT2D eigenvalue weighted by molar-refractivity contribution is 6.16. The summed E-state index contributed by atoms with van der Waals surface area (Å²) in [5.41, 5.74) is 8.66. The van der Waals surface area contributed by atoms with Crippen molar-refractivity contribution in [2.45, 2.75) is 6.23 Å². The summed E-state index contributed by atoms with van der Waals surface area (Å²) in [7, 11) is 0. The van der Waals surface area contributed by atoms with E-state index in [0.29, 0.717) is 33.6 Å². The maximum Gasteiger partial charge on any atom is 0.263 e. The molecule has 0 saturated heterocycles. The van der Waals surface area contributed by atoms with Crippen LogP contribution in [0.1, 0.15) is 33.3 Å². The van der Waals surface area contributed by atoms with Crippen LogP contribution in [0, 0.1) is 22.7 Å². The molecule has 0 saturated carbocycles. The highest BCUT2D eigenvalue weighted by atomic mass is 16.3. The Morgan fingerprint density at radius 1 is 0.630 bits per heavy atom. The second-order valence-corrected chi connectivity index (χ2v) is 11.3. The summed E-state index contributed by atoms with van der Waals surface area (Å²) in [5.74, 6) is -0.274. The molecular weight excluding hydrogens is 568 g/mol. The molecule has 1 atom stereocenters. The van der Waals surface area contributed by atoms with Crippen LogP contribution in [-0.4, -0.2) is 15.6 Å². The van der Waals surface area contributed by atoms with Crippen molar-refractivity contribution < 1.29 is 9.90 Å². The Morgan fingerprint density at radius 2 is 1.35 bits per heavy atom. The molecule has 1 aliphatic rings. The molecule has 2 heterocycles. The number of rotatable bonds is 4. The summed E-state index contributed by atoms with van der Waals surface area (Å²) in [6.45, 7) is 0. The zero-order chi connectivity index (χ0) is 31.4. The number of amides is 1. The Hall–Kier alpha value is -6.47. The molecule has 0 radical (unpaired) electrons. The van der Waals surface area contributed by atoms with Gasteiger partial charge in [0.25, 0.3) is 5.91 Å². The Labute approximate surface area is 264 Å². The summed E-state index contributed by atoms with van der Waals surface area (Å²) < 4.78 is 2.07. The van der Waals surface area contributed by atoms with E-state index in [1.54, 1.807) is 18.2 Å². The smallest absolute Gasteiger partial charge is 0.263 e. The molecule has 1 N–H and O–H groups in total. The molecule has 0 bridgehead atoms. The van der Waals surface area contributed by atoms with Crippen LogP contribution in [0.4, 0.5) is 5.69 Å². The predicted octanol–water partition coefficient (Wildman–Crippen LogP) is 8.51. The van der Waals surface area contributed by atoms with Crippen LogP contribution in [0.5, 0.6) is 0 Å². The van der Waals surface area contributed by atoms with Crippen molar-refractivity contribution in [3.63, 3.8) is 0 Å². The molecule has 7 aromatic rings. The highest BCUT2D eigenvalue weighted by Crippen LogP contribution is 2.42. The fraction of sp³-hybridized carbons (Fsp3) is 0.0250. The van der Waals surface area contributed by atoms with E-state index < -0.39 is 6.23 Å². The number of anilines is 1. The first-order valence-electron chi connectivity index (χ1n) is 14.9. The number of aromatic nitrogens is 1. The van der Waals surface area contributed by atoms with Gasteiger partial charge in [-0.15, -0.1) is 0 Å². The number of para-hydroxylation sites is 1. The topological polar surface area (TPSA) is 93.1 Å². The van der Waals surface area contributed by atoms with Gasteiger partial charge in [0.2, 0.25) is 0 Å². The van der Waals surface area contributed by atoms with Gasteiger partial charge in [0.15, 0.2) is 6.23 Å². The molecule has 0 fully saturated rings. The average Bonchev–Trinajstić information content (AvgIpc) is 3.58. The van der Waals surface area contributed by atoms with Gasteiger partial charge in [-0.2, -0.15) is 10.5 Å². The van der Waals surface area contributed by atoms with E-state index in [1.807, 2.05) is 109 Å². The molecule has 1 aromatic heterocycles. The van der Waals surface area contributed by atoms with Crippen molar-refractivity contribution in [3.8, 4) is 40.1 Å². The first-order chi connectivity index (χ1) is 22.6. The van der Waals surface area contributed by atoms with Crippen LogP contribution < -0.4 is 4.90 Å². The van der Waals surface area contributed by atoms with Crippen LogP contribution in [0.3, 0.4) is 0 Å². The molecule has 0 aliphatic carbocycles. The average molecular weight is 593 g/mol. The molecule has 6 nitrogen and oxygen atoms in total. The number of aliphatic hydroxyl groups excluding tert-OH is 1. The second-order valence-electron chi connectivity index (χ2n) is 11.3. The summed E-state index contributed by atoms with van der Waals surface area (Å²) in [5, 5.41) is 32.6. The van der Waals surface area contributed by atoms with Gasteiger partial charge in [0.1, 0.15) is 0 Å². The number of carbonyl (C=O) groups excluding carboxylic acids is 1. The summed E-state index contributed by atoms with van der Waals surface area (Å²) in [6.07, 6.45) is -1.13. The van der Waals surface area contributed by atoms with Crippen LogP contribution in [-0.2, 0) is 0 Å². The van der Waals surface area contributed by atoms with Crippen LogP contribution in [0.2, 0.25) is 0 Å². The maximum atomic E-state index is 14.2. The van der Waals surface area contributed by atoms with Gasteiger partial charge in [-0.25, -0.2) is 0 Å². The number of nitriles is 2. The fourth-order valence-electron chi connectivity index (χ4n) is 6.62. The van der Waals surface area contributed by atoms with Crippen LogP contribution in [0.15, 0.2) is 133 Å². The van der Waals surface area contributed by atoms with Crippen molar-refractivity contribution in [1.82, 2.24) is 4.57 Å². The number of hydrogen-bond acceptors (Lipinski definition) is 4. The first kappa shape index (κ1) is 27.1. The predicted molar refractivity (Wildman–Crippen MR) is 179 cm³/mol. The van der Waals surface area contributed by atoms with Crippen LogP contribution in [0.25, 0.3) is 49.7 Å². The monoisotopic (exact) mass is 592 g/mol. The van der Waals surface area contributed by atoms with E-state index in [0.717, 1.165) is 44.1 Å². The van der Waals surface area contributed by atoms with E-state index in [-0.39, 0.29) is 5.91 Å². The zero-order valence-electron chi connectivity index (χ0n) is 24.4. The normalized spacial score (nSPS) is 13.9. The summed E-state index contributed by atoms with van der Waals surface area (Å²) >= 11 is 0. The lowest BCUT2D eigenvalue weighted by atomic mass is 9.97. The highest BCUT2D eigenvalue weighted by Gasteiger charge is 2.39. The third-order valence-electron chi connectivity index (χ3n) is 8.78. The molecule has 46 heavy (non-hydrogen) atoms. The van der Waals surface area contributed by atoms with E-state index >= 15 is 0 Å². The number of fused-ring (bicyclic) bond motifs is 4. The molecular formula is C40H24N4O2. The Morgan fingerprint density at radius 3 is 2.13 bits per heavy atom. The zero-order valence-corrected chi connectivity index (χ0v) is 24.4. The van der Waals surface area contributed by atoms with Gasteiger partial charge in [-0.1, -0.05) is 84.9 Å². The first-order valence-corrected chi connectivity index (χ1v) is 14.9. The van der Waals surface area contributed by atoms with Crippen molar-refractivity contribution in [2.24, 2.45) is 0 Å². The second kappa shape index (κ2) is 10.6. The summed E-state index contributed by atoms with van der Waals surface area (Å²) in [4.78, 5) is 15.7. The van der Waals surface area contributed by atoms with Gasteiger partial charge in [-0.05, 0) is 70.8 Å². The minimum atomic E-state index is -1.13. The minimum Gasteiger partial charge on any atom is -0.369 e. The number of carbonyl (C=O) groups is 1. The molecule has 1 unspecified atom stereocenters. The molecule has 216 valence electrons. The number of nitrogens with zero attached hydrogens (tertiary/aromatic N) is 4. The molecule has 1 aliphatic heterocycles. The van der Waals surface area contributed by atoms with Gasteiger partial charge in [-0.3, -0.25) is 9.69 Å². The lowest BCUT2D eigenvalue weighted by Crippen LogP contribution is -2.27. The third-order valence-corrected chi connectivity index (χ3v) is 8.78. The van der Waals surface area contributed by atoms with E-state index in [2.05, 4.69) is 22.8 Å². The van der Waals surface area contributed by atoms with Crippen molar-refractivity contribution >= 4 is 33.4 Å². The van der Waals surface area contributed by atoms with Crippen LogP contribution >= 0.6 is 0 Å². The largest absolute Gasteiger partial charge is 0.369 e. The maximum absolute atomic E-state index is 14.2. The van der Waals surface area contributed by atoms with Crippen molar-refractivity contribution in [3.05, 3.63) is 156 Å². The van der Waals surface area contributed by atoms with Gasteiger partial charge < -0.3 is 9.67 Å². The number of benzene rings is 6. The lowest BCUT2D eigenvalue weighted by molar-refractivity contribution is 0.0935. The molecule has 0 spiro atoms. The van der Waals surface area contributed by atoms with Crippen molar-refractivity contribution in [2.75, 3.05) is 4.90 Å². The Kier molecular flexibility index (Phi) is 6.25.